The van der Waals surface area contributed by atoms with E-state index in [2.05, 4.69) is 6.58 Å². The van der Waals surface area contributed by atoms with Crippen molar-refractivity contribution in [1.82, 2.24) is 0 Å². The lowest BCUT2D eigenvalue weighted by Gasteiger charge is -2.14. The Kier molecular flexibility index (Phi) is 8.15. The lowest BCUT2D eigenvalue weighted by molar-refractivity contribution is -0.150. The van der Waals surface area contributed by atoms with Gasteiger partial charge in [0.15, 0.2) is 0 Å². The Morgan fingerprint density at radius 1 is 1.44 bits per heavy atom. The molecule has 0 radical (unpaired) electrons. The Bertz CT molecular complexity index is 237. The molecule has 0 heterocycles. The van der Waals surface area contributed by atoms with Crippen LogP contribution in [0.25, 0.3) is 0 Å². The highest BCUT2D eigenvalue weighted by atomic mass is 16.6. The molecule has 0 saturated heterocycles. The summed E-state index contributed by atoms with van der Waals surface area (Å²) in [5.41, 5.74) is 0. The summed E-state index contributed by atoms with van der Waals surface area (Å²) in [6, 6.07) is 0. The van der Waals surface area contributed by atoms with Crippen molar-refractivity contribution in [3.8, 4) is 0 Å². The van der Waals surface area contributed by atoms with Gasteiger partial charge in [-0.25, -0.2) is 0 Å². The van der Waals surface area contributed by atoms with Crippen LogP contribution in [0, 0.1) is 0 Å². The highest BCUT2D eigenvalue weighted by molar-refractivity contribution is 5.76. The molecule has 1 N–H and O–H groups in total. The van der Waals surface area contributed by atoms with E-state index >= 15 is 0 Å². The summed E-state index contributed by atoms with van der Waals surface area (Å²) in [7, 11) is 0. The predicted molar refractivity (Wildman–Crippen MR) is 58.1 cm³/mol. The lowest BCUT2D eigenvalue weighted by Crippen LogP contribution is -2.21. The monoisotopic (exact) mass is 230 g/mol. The van der Waals surface area contributed by atoms with Crippen LogP contribution in [0.4, 0.5) is 0 Å². The van der Waals surface area contributed by atoms with Crippen LogP contribution in [0.2, 0.25) is 0 Å². The number of carbonyl (C=O) groups is 2. The molecule has 0 aliphatic carbocycles. The largest absolute Gasteiger partial charge is 0.481 e. The molecule has 0 aliphatic rings. The van der Waals surface area contributed by atoms with E-state index in [4.69, 9.17) is 14.6 Å². The number of esters is 1. The van der Waals surface area contributed by atoms with Crippen LogP contribution in [0.5, 0.6) is 0 Å². The van der Waals surface area contributed by atoms with Crippen molar-refractivity contribution in [2.24, 2.45) is 0 Å². The number of aliphatic carboxylic acids is 1. The van der Waals surface area contributed by atoms with Crippen molar-refractivity contribution in [2.75, 3.05) is 13.2 Å². The molecule has 0 amide bonds. The fraction of sp³-hybridized carbons (Fsp3) is 0.636. The van der Waals surface area contributed by atoms with Crippen molar-refractivity contribution in [2.45, 2.75) is 32.3 Å². The molecule has 0 bridgehead atoms. The van der Waals surface area contributed by atoms with Crippen molar-refractivity contribution in [1.29, 1.82) is 0 Å². The van der Waals surface area contributed by atoms with Crippen molar-refractivity contribution < 1.29 is 24.2 Å². The van der Waals surface area contributed by atoms with Gasteiger partial charge < -0.3 is 14.6 Å². The van der Waals surface area contributed by atoms with Gasteiger partial charge in [0.25, 0.3) is 0 Å². The quantitative estimate of drug-likeness (QED) is 0.478. The minimum atomic E-state index is -1.01. The van der Waals surface area contributed by atoms with Gasteiger partial charge in [-0.2, -0.15) is 0 Å². The lowest BCUT2D eigenvalue weighted by atomic mass is 10.3. The van der Waals surface area contributed by atoms with Crippen LogP contribution >= 0.6 is 0 Å². The summed E-state index contributed by atoms with van der Waals surface area (Å²) < 4.78 is 10.2. The molecule has 0 fully saturated rings. The molecule has 0 aromatic heterocycles. The first-order chi connectivity index (χ1) is 7.60. The summed E-state index contributed by atoms with van der Waals surface area (Å²) in [4.78, 5) is 21.3. The highest BCUT2D eigenvalue weighted by Gasteiger charge is 2.11. The van der Waals surface area contributed by atoms with Gasteiger partial charge in [0.2, 0.25) is 0 Å². The SMILES string of the molecule is C=CCOC(CC)COC(=O)CCC(=O)O. The third-order valence-electron chi connectivity index (χ3n) is 1.88. The van der Waals surface area contributed by atoms with Crippen LogP contribution in [0.3, 0.4) is 0 Å². The number of carboxylic acids is 1. The number of hydrogen-bond donors (Lipinski definition) is 1. The summed E-state index contributed by atoms with van der Waals surface area (Å²) in [6.07, 6.45) is 1.87. The van der Waals surface area contributed by atoms with Crippen LogP contribution in [-0.4, -0.2) is 36.4 Å². The molecule has 0 aliphatic heterocycles. The second-order valence-corrected chi connectivity index (χ2v) is 3.23. The molecule has 0 saturated carbocycles. The van der Waals surface area contributed by atoms with Gasteiger partial charge in [-0.05, 0) is 6.42 Å². The molecule has 0 spiro atoms. The molecule has 92 valence electrons. The number of hydrogen-bond acceptors (Lipinski definition) is 4. The predicted octanol–water partition coefficient (Wildman–Crippen LogP) is 1.38. The summed E-state index contributed by atoms with van der Waals surface area (Å²) in [5.74, 6) is -1.52. The molecular formula is C11H18O5. The average molecular weight is 230 g/mol. The van der Waals surface area contributed by atoms with Crippen LogP contribution in [-0.2, 0) is 19.1 Å². The van der Waals surface area contributed by atoms with Gasteiger partial charge in [-0.3, -0.25) is 9.59 Å². The van der Waals surface area contributed by atoms with Gasteiger partial charge in [0, 0.05) is 0 Å². The maximum absolute atomic E-state index is 11.1. The van der Waals surface area contributed by atoms with Crippen molar-refractivity contribution in [3.05, 3.63) is 12.7 Å². The molecule has 0 rings (SSSR count). The standard InChI is InChI=1S/C11H18O5/c1-3-7-15-9(4-2)8-16-11(14)6-5-10(12)13/h3,9H,1,4-8H2,2H3,(H,12,13). The van der Waals surface area contributed by atoms with Gasteiger partial charge >= 0.3 is 11.9 Å². The zero-order chi connectivity index (χ0) is 12.4. The molecular weight excluding hydrogens is 212 g/mol. The Labute approximate surface area is 95.0 Å². The number of ether oxygens (including phenoxy) is 2. The first kappa shape index (κ1) is 14.6. The molecule has 16 heavy (non-hydrogen) atoms. The van der Waals surface area contributed by atoms with Crippen LogP contribution in [0.1, 0.15) is 26.2 Å². The Balaban J connectivity index is 3.69. The molecule has 0 aromatic carbocycles. The van der Waals surface area contributed by atoms with E-state index in [-0.39, 0.29) is 25.6 Å². The zero-order valence-corrected chi connectivity index (χ0v) is 9.48. The third-order valence-corrected chi connectivity index (χ3v) is 1.88. The third kappa shape index (κ3) is 7.99. The van der Waals surface area contributed by atoms with E-state index in [0.717, 1.165) is 6.42 Å². The normalized spacial score (nSPS) is 11.8. The molecule has 1 atom stereocenters. The smallest absolute Gasteiger partial charge is 0.306 e. The van der Waals surface area contributed by atoms with E-state index < -0.39 is 11.9 Å². The van der Waals surface area contributed by atoms with Gasteiger partial charge in [-0.15, -0.1) is 6.58 Å². The van der Waals surface area contributed by atoms with E-state index in [1.807, 2.05) is 6.92 Å². The summed E-state index contributed by atoms with van der Waals surface area (Å²) in [5, 5.41) is 8.36. The first-order valence-electron chi connectivity index (χ1n) is 5.20. The Morgan fingerprint density at radius 3 is 2.62 bits per heavy atom. The van der Waals surface area contributed by atoms with E-state index in [9.17, 15) is 9.59 Å². The van der Waals surface area contributed by atoms with Crippen LogP contribution < -0.4 is 0 Å². The molecule has 5 nitrogen and oxygen atoms in total. The fourth-order valence-electron chi connectivity index (χ4n) is 0.955. The maximum atomic E-state index is 11.1. The average Bonchev–Trinajstić information content (AvgIpc) is 2.26. The van der Waals surface area contributed by atoms with Crippen LogP contribution in [0.15, 0.2) is 12.7 Å². The fourth-order valence-corrected chi connectivity index (χ4v) is 0.955. The zero-order valence-electron chi connectivity index (χ0n) is 9.48. The van der Waals surface area contributed by atoms with E-state index in [1.54, 1.807) is 6.08 Å². The number of rotatable bonds is 9. The Morgan fingerprint density at radius 2 is 2.12 bits per heavy atom. The van der Waals surface area contributed by atoms with Crippen molar-refractivity contribution >= 4 is 11.9 Å². The topological polar surface area (TPSA) is 72.8 Å². The van der Waals surface area contributed by atoms with Gasteiger partial charge in [0.05, 0.1) is 25.6 Å². The Hall–Kier alpha value is -1.36. The number of carbonyl (C=O) groups excluding carboxylic acids is 1. The molecule has 5 heteroatoms. The number of carboxylic acid groups (broad SMARTS) is 1. The van der Waals surface area contributed by atoms with Crippen molar-refractivity contribution in [3.63, 3.8) is 0 Å². The molecule has 1 unspecified atom stereocenters. The molecule has 0 aromatic rings. The minimum absolute atomic E-state index is 0.104. The minimum Gasteiger partial charge on any atom is -0.481 e. The van der Waals surface area contributed by atoms with E-state index in [0.29, 0.717) is 6.61 Å². The first-order valence-corrected chi connectivity index (χ1v) is 5.20. The summed E-state index contributed by atoms with van der Waals surface area (Å²) in [6.45, 7) is 5.99. The second-order valence-electron chi connectivity index (χ2n) is 3.23. The summed E-state index contributed by atoms with van der Waals surface area (Å²) >= 11 is 0. The highest BCUT2D eigenvalue weighted by Crippen LogP contribution is 2.01. The van der Waals surface area contributed by atoms with E-state index in [1.165, 1.54) is 0 Å². The second kappa shape index (κ2) is 8.91. The van der Waals surface area contributed by atoms with Gasteiger partial charge in [-0.1, -0.05) is 13.0 Å². The maximum Gasteiger partial charge on any atom is 0.306 e. The van der Waals surface area contributed by atoms with Gasteiger partial charge in [0.1, 0.15) is 6.61 Å².